The first-order chi connectivity index (χ1) is 10.3. The van der Waals surface area contributed by atoms with Crippen molar-refractivity contribution in [3.05, 3.63) is 33.0 Å². The van der Waals surface area contributed by atoms with E-state index in [9.17, 15) is 0 Å². The number of rotatable bonds is 14. The monoisotopic (exact) mass is 304 g/mol. The smallest absolute Gasteiger partial charge is 0.140 e. The minimum absolute atomic E-state index is 0.920. The van der Waals surface area contributed by atoms with E-state index in [1.54, 1.807) is 0 Å². The Morgan fingerprint density at radius 2 is 0.952 bits per heavy atom. The Hall–Kier alpha value is -0.248. The summed E-state index contributed by atoms with van der Waals surface area (Å²) in [4.78, 5) is 7.55. The molecule has 0 aliphatic rings. The van der Waals surface area contributed by atoms with Gasteiger partial charge in [0.1, 0.15) is 0 Å². The molecule has 0 unspecified atom stereocenters. The molecule has 1 heteroatoms. The fraction of sp³-hybridized carbons (Fsp3) is 0.700. The molecule has 0 spiro atoms. The second kappa shape index (κ2) is 17.8. The summed E-state index contributed by atoms with van der Waals surface area (Å²) >= 11 is -0.920. The molecule has 0 aromatic carbocycles. The average molecular weight is 304 g/mol. The second-order valence-corrected chi connectivity index (χ2v) is 8.31. The standard InChI is InChI=1S/C8H15.2C6H11.Al/c1-3-5-7-8-6-4-2;2*1-3-5-6-4-2;/h1,3H,4-8H2,2H3;2*1,3H,4-6H2,2H3;. The molecule has 0 amide bonds. The van der Waals surface area contributed by atoms with Gasteiger partial charge in [-0.3, -0.25) is 0 Å². The average Bonchev–Trinajstić information content (AvgIpc) is 2.50. The summed E-state index contributed by atoms with van der Waals surface area (Å²) in [6.45, 7) is 6.81. The highest BCUT2D eigenvalue weighted by Crippen LogP contribution is 2.05. The quantitative estimate of drug-likeness (QED) is 0.237. The van der Waals surface area contributed by atoms with E-state index in [1.165, 1.54) is 70.6 Å². The Balaban J connectivity index is 4.12. The van der Waals surface area contributed by atoms with E-state index in [4.69, 9.17) is 0 Å². The lowest BCUT2D eigenvalue weighted by Gasteiger charge is -1.97. The number of hydrogen-bond donors (Lipinski definition) is 0. The summed E-state index contributed by atoms with van der Waals surface area (Å²) < 4.78 is 0. The lowest BCUT2D eigenvalue weighted by molar-refractivity contribution is 0.674. The molecule has 120 valence electrons. The zero-order chi connectivity index (χ0) is 15.6. The van der Waals surface area contributed by atoms with E-state index in [1.807, 2.05) is 0 Å². The Morgan fingerprint density at radius 1 is 0.524 bits per heavy atom. The SMILES string of the molecule is CCCCC=[CH][Al]([CH]=CCCCC)[CH]=CCCCCCC. The molecule has 0 heterocycles. The van der Waals surface area contributed by atoms with Crippen molar-refractivity contribution in [1.29, 1.82) is 0 Å². The number of hydrogen-bond acceptors (Lipinski definition) is 0. The van der Waals surface area contributed by atoms with Crippen LogP contribution in [0.5, 0.6) is 0 Å². The number of allylic oxidation sites excluding steroid dienone is 3. The summed E-state index contributed by atoms with van der Waals surface area (Å²) in [6, 6.07) is 0. The lowest BCUT2D eigenvalue weighted by atomic mass is 10.2. The van der Waals surface area contributed by atoms with Gasteiger partial charge in [0.25, 0.3) is 0 Å². The van der Waals surface area contributed by atoms with Crippen molar-refractivity contribution in [3.63, 3.8) is 0 Å². The third-order valence-corrected chi connectivity index (χ3v) is 5.90. The third-order valence-electron chi connectivity index (χ3n) is 3.75. The Morgan fingerprint density at radius 3 is 1.38 bits per heavy atom. The van der Waals surface area contributed by atoms with Crippen LogP contribution in [0.15, 0.2) is 33.0 Å². The van der Waals surface area contributed by atoms with Crippen molar-refractivity contribution in [2.45, 2.75) is 91.4 Å². The Labute approximate surface area is 138 Å². The van der Waals surface area contributed by atoms with Crippen molar-refractivity contribution in [3.8, 4) is 0 Å². The zero-order valence-electron chi connectivity index (χ0n) is 14.8. The van der Waals surface area contributed by atoms with Crippen molar-refractivity contribution >= 4 is 14.1 Å². The van der Waals surface area contributed by atoms with E-state index in [2.05, 4.69) is 53.8 Å². The third kappa shape index (κ3) is 16.0. The first-order valence-electron chi connectivity index (χ1n) is 9.35. The minimum Gasteiger partial charge on any atom is -0.140 e. The molecule has 0 rings (SSSR count). The first-order valence-corrected chi connectivity index (χ1v) is 11.3. The largest absolute Gasteiger partial charge is 0.358 e. The predicted molar refractivity (Wildman–Crippen MR) is 101 cm³/mol. The first kappa shape index (κ1) is 20.8. The summed E-state index contributed by atoms with van der Waals surface area (Å²) in [5, 5.41) is 0. The Bertz CT molecular complexity index is 258. The molecule has 0 aromatic heterocycles. The van der Waals surface area contributed by atoms with Gasteiger partial charge in [0, 0.05) is 0 Å². The van der Waals surface area contributed by atoms with Crippen LogP contribution < -0.4 is 0 Å². The van der Waals surface area contributed by atoms with Crippen molar-refractivity contribution < 1.29 is 0 Å². The van der Waals surface area contributed by atoms with Crippen LogP contribution in [0, 0.1) is 0 Å². The maximum absolute atomic E-state index is 2.52. The van der Waals surface area contributed by atoms with Gasteiger partial charge in [0.2, 0.25) is 0 Å². The van der Waals surface area contributed by atoms with E-state index >= 15 is 0 Å². The molecule has 0 aromatic rings. The highest BCUT2D eigenvalue weighted by molar-refractivity contribution is 6.74. The van der Waals surface area contributed by atoms with Crippen molar-refractivity contribution in [1.82, 2.24) is 0 Å². The van der Waals surface area contributed by atoms with Gasteiger partial charge in [0.15, 0.2) is 0 Å². The molecule has 0 bridgehead atoms. The van der Waals surface area contributed by atoms with Crippen molar-refractivity contribution in [2.24, 2.45) is 0 Å². The van der Waals surface area contributed by atoms with E-state index < -0.39 is 14.1 Å². The molecule has 0 fully saturated rings. The molecule has 0 nitrogen and oxygen atoms in total. The highest BCUT2D eigenvalue weighted by atomic mass is 27.2. The molecule has 0 aliphatic carbocycles. The second-order valence-electron chi connectivity index (χ2n) is 6.00. The summed E-state index contributed by atoms with van der Waals surface area (Å²) in [5.41, 5.74) is 0. The molecule has 21 heavy (non-hydrogen) atoms. The Kier molecular flexibility index (Phi) is 17.6. The lowest BCUT2D eigenvalue weighted by Crippen LogP contribution is -2.01. The van der Waals surface area contributed by atoms with E-state index in [0.717, 1.165) is 0 Å². The maximum atomic E-state index is 2.52. The topological polar surface area (TPSA) is 0 Å². The molecule has 0 atom stereocenters. The molecule has 0 aliphatic heterocycles. The van der Waals surface area contributed by atoms with E-state index in [0.29, 0.717) is 0 Å². The summed E-state index contributed by atoms with van der Waals surface area (Å²) in [5.74, 6) is 0. The van der Waals surface area contributed by atoms with Crippen LogP contribution in [0.2, 0.25) is 0 Å². The van der Waals surface area contributed by atoms with Gasteiger partial charge < -0.3 is 0 Å². The predicted octanol–water partition coefficient (Wildman–Crippen LogP) is 7.12. The van der Waals surface area contributed by atoms with Crippen LogP contribution >= 0.6 is 0 Å². The molecule has 0 radical (unpaired) electrons. The molecular formula is C20H37Al. The van der Waals surface area contributed by atoms with Gasteiger partial charge in [0.05, 0.1) is 0 Å². The van der Waals surface area contributed by atoms with Gasteiger partial charge in [-0.2, -0.15) is 0 Å². The van der Waals surface area contributed by atoms with Crippen molar-refractivity contribution in [2.75, 3.05) is 0 Å². The molecule has 0 N–H and O–H groups in total. The van der Waals surface area contributed by atoms with Crippen LogP contribution in [-0.2, 0) is 0 Å². The van der Waals surface area contributed by atoms with Gasteiger partial charge in [-0.15, -0.1) is 33.0 Å². The van der Waals surface area contributed by atoms with E-state index in [-0.39, 0.29) is 0 Å². The summed E-state index contributed by atoms with van der Waals surface area (Å²) in [7, 11) is 0. The maximum Gasteiger partial charge on any atom is 0.358 e. The van der Waals surface area contributed by atoms with Crippen LogP contribution in [0.25, 0.3) is 0 Å². The molecule has 0 saturated carbocycles. The summed E-state index contributed by atoms with van der Waals surface area (Å²) in [6.07, 6.45) is 21.8. The van der Waals surface area contributed by atoms with Crippen LogP contribution in [0.4, 0.5) is 0 Å². The van der Waals surface area contributed by atoms with Gasteiger partial charge in [-0.25, -0.2) is 0 Å². The van der Waals surface area contributed by atoms with Crippen LogP contribution in [0.3, 0.4) is 0 Å². The normalized spacial score (nSPS) is 12.1. The number of unbranched alkanes of at least 4 members (excludes halogenated alkanes) is 8. The minimum atomic E-state index is -0.920. The highest BCUT2D eigenvalue weighted by Gasteiger charge is 2.03. The zero-order valence-corrected chi connectivity index (χ0v) is 16.0. The fourth-order valence-corrected chi connectivity index (χ4v) is 4.19. The van der Waals surface area contributed by atoms with Gasteiger partial charge in [-0.1, -0.05) is 65.7 Å². The fourth-order valence-electron chi connectivity index (χ4n) is 2.29. The van der Waals surface area contributed by atoms with Gasteiger partial charge >= 0.3 is 14.1 Å². The molecule has 0 saturated heterocycles. The van der Waals surface area contributed by atoms with Gasteiger partial charge in [-0.05, 0) is 25.7 Å². The molecular weight excluding hydrogens is 267 g/mol. The van der Waals surface area contributed by atoms with Crippen LogP contribution in [0.1, 0.15) is 91.4 Å². The van der Waals surface area contributed by atoms with Crippen LogP contribution in [-0.4, -0.2) is 14.1 Å².